The van der Waals surface area contributed by atoms with E-state index in [4.69, 9.17) is 16.3 Å². The smallest absolute Gasteiger partial charge is 0.165 e. The van der Waals surface area contributed by atoms with Crippen LogP contribution in [-0.2, 0) is 11.8 Å². The van der Waals surface area contributed by atoms with Crippen molar-refractivity contribution in [3.8, 4) is 5.75 Å². The average molecular weight is 409 g/mol. The molecule has 6 heteroatoms. The number of aliphatic hydroxyl groups excluding tert-OH is 2. The van der Waals surface area contributed by atoms with Crippen molar-refractivity contribution < 1.29 is 23.7 Å². The number of halogens is 3. The summed E-state index contributed by atoms with van der Waals surface area (Å²) in [5.74, 6) is -1.49. The van der Waals surface area contributed by atoms with E-state index >= 15 is 4.39 Å². The Bertz CT molecular complexity index is 867. The Labute approximate surface area is 167 Å². The van der Waals surface area contributed by atoms with E-state index < -0.39 is 22.5 Å². The van der Waals surface area contributed by atoms with Gasteiger partial charge in [-0.15, -0.1) is 0 Å². The van der Waals surface area contributed by atoms with Gasteiger partial charge in [-0.25, -0.2) is 8.78 Å². The molecule has 0 radical (unpaired) electrons. The van der Waals surface area contributed by atoms with Crippen LogP contribution in [0.3, 0.4) is 0 Å². The molecule has 0 bridgehead atoms. The van der Waals surface area contributed by atoms with E-state index in [1.54, 1.807) is 12.1 Å². The number of benzene rings is 2. The monoisotopic (exact) mass is 408 g/mol. The van der Waals surface area contributed by atoms with Gasteiger partial charge in [0.25, 0.3) is 0 Å². The van der Waals surface area contributed by atoms with Crippen molar-refractivity contribution in [2.24, 2.45) is 11.3 Å². The molecule has 1 fully saturated rings. The molecular formula is C22H23ClF2O3. The minimum Gasteiger partial charge on any atom is -0.490 e. The van der Waals surface area contributed by atoms with Gasteiger partial charge in [-0.3, -0.25) is 0 Å². The summed E-state index contributed by atoms with van der Waals surface area (Å²) in [6.45, 7) is -0.333. The van der Waals surface area contributed by atoms with Crippen LogP contribution < -0.4 is 4.74 Å². The van der Waals surface area contributed by atoms with E-state index in [1.165, 1.54) is 0 Å². The topological polar surface area (TPSA) is 49.7 Å². The lowest BCUT2D eigenvalue weighted by Gasteiger charge is -2.56. The molecular weight excluding hydrogens is 386 g/mol. The summed E-state index contributed by atoms with van der Waals surface area (Å²) >= 11 is 6.01. The predicted octanol–water partition coefficient (Wildman–Crippen LogP) is 4.26. The molecule has 0 unspecified atom stereocenters. The first-order valence-corrected chi connectivity index (χ1v) is 9.91. The van der Waals surface area contributed by atoms with Crippen molar-refractivity contribution in [3.05, 3.63) is 64.2 Å². The zero-order chi connectivity index (χ0) is 19.9. The lowest BCUT2D eigenvalue weighted by atomic mass is 9.50. The number of hydrogen-bond acceptors (Lipinski definition) is 3. The maximum Gasteiger partial charge on any atom is 0.165 e. The summed E-state index contributed by atoms with van der Waals surface area (Å²) in [4.78, 5) is 0. The molecule has 0 spiro atoms. The van der Waals surface area contributed by atoms with Gasteiger partial charge in [-0.05, 0) is 49.1 Å². The van der Waals surface area contributed by atoms with Gasteiger partial charge in [0.15, 0.2) is 11.6 Å². The molecule has 0 aromatic heterocycles. The van der Waals surface area contributed by atoms with E-state index in [-0.39, 0.29) is 37.1 Å². The van der Waals surface area contributed by atoms with Crippen LogP contribution >= 0.6 is 11.6 Å². The van der Waals surface area contributed by atoms with Gasteiger partial charge in [0.2, 0.25) is 0 Å². The molecule has 1 aliphatic carbocycles. The highest BCUT2D eigenvalue weighted by Gasteiger charge is 2.58. The fourth-order valence-corrected chi connectivity index (χ4v) is 5.45. The van der Waals surface area contributed by atoms with Crippen LogP contribution in [0, 0.1) is 23.0 Å². The number of fused-ring (bicyclic) bond motifs is 3. The van der Waals surface area contributed by atoms with Crippen molar-refractivity contribution in [2.45, 2.75) is 31.1 Å². The van der Waals surface area contributed by atoms with Crippen LogP contribution in [0.25, 0.3) is 0 Å². The zero-order valence-corrected chi connectivity index (χ0v) is 16.2. The van der Waals surface area contributed by atoms with E-state index in [1.807, 2.05) is 12.1 Å². The van der Waals surface area contributed by atoms with Gasteiger partial charge in [0.05, 0.1) is 19.8 Å². The predicted molar refractivity (Wildman–Crippen MR) is 103 cm³/mol. The largest absolute Gasteiger partial charge is 0.490 e. The van der Waals surface area contributed by atoms with Gasteiger partial charge in [0, 0.05) is 27.3 Å². The second-order valence-corrected chi connectivity index (χ2v) is 8.52. The van der Waals surface area contributed by atoms with Crippen LogP contribution in [0.1, 0.15) is 30.4 Å². The third kappa shape index (κ3) is 2.92. The highest BCUT2D eigenvalue weighted by Crippen LogP contribution is 2.58. The number of hydrogen-bond donors (Lipinski definition) is 2. The summed E-state index contributed by atoms with van der Waals surface area (Å²) in [6.07, 6.45) is 2.38. The second-order valence-electron chi connectivity index (χ2n) is 8.09. The highest BCUT2D eigenvalue weighted by molar-refractivity contribution is 6.30. The Morgan fingerprint density at radius 1 is 1.00 bits per heavy atom. The Balaban J connectivity index is 1.92. The fourth-order valence-electron chi connectivity index (χ4n) is 5.33. The fraction of sp³-hybridized carbons (Fsp3) is 0.455. The van der Waals surface area contributed by atoms with E-state index in [0.29, 0.717) is 30.7 Å². The average Bonchev–Trinajstić information content (AvgIpc) is 2.71. The molecule has 2 aliphatic rings. The quantitative estimate of drug-likeness (QED) is 0.794. The normalized spacial score (nSPS) is 25.5. The minimum absolute atomic E-state index is 0.0445. The first-order valence-electron chi connectivity index (χ1n) is 9.53. The molecule has 2 N–H and O–H groups in total. The summed E-state index contributed by atoms with van der Waals surface area (Å²) in [6, 6.07) is 9.54. The lowest BCUT2D eigenvalue weighted by molar-refractivity contribution is -0.0916. The SMILES string of the molecule is OCC1(CO)CCC[C@@]2(Cc3ccc(Cl)cc3)c3c(F)ccc(F)c3OC[C@@H]12. The van der Waals surface area contributed by atoms with E-state index in [9.17, 15) is 14.6 Å². The van der Waals surface area contributed by atoms with Gasteiger partial charge in [-0.2, -0.15) is 0 Å². The lowest BCUT2D eigenvalue weighted by Crippen LogP contribution is -2.58. The number of rotatable bonds is 4. The molecule has 150 valence electrons. The van der Waals surface area contributed by atoms with Gasteiger partial charge < -0.3 is 14.9 Å². The van der Waals surface area contributed by atoms with Crippen molar-refractivity contribution in [1.82, 2.24) is 0 Å². The standard InChI is InChI=1S/C22H23ClF2O3/c23-15-4-2-14(3-5-15)10-22-9-1-8-21(12-26,13-27)18(22)11-28-20-17(25)7-6-16(24)19(20)22/h2-7,18,26-27H,1,8-13H2/t18-,22-/m0/s1. The molecule has 1 aliphatic heterocycles. The molecule has 0 amide bonds. The Morgan fingerprint density at radius 3 is 2.36 bits per heavy atom. The Hall–Kier alpha value is -1.69. The summed E-state index contributed by atoms with van der Waals surface area (Å²) in [7, 11) is 0. The molecule has 3 nitrogen and oxygen atoms in total. The van der Waals surface area contributed by atoms with E-state index in [2.05, 4.69) is 0 Å². The zero-order valence-electron chi connectivity index (χ0n) is 15.4. The second kappa shape index (κ2) is 7.29. The number of aliphatic hydroxyl groups is 2. The van der Waals surface area contributed by atoms with Crippen LogP contribution in [0.2, 0.25) is 5.02 Å². The van der Waals surface area contributed by atoms with Gasteiger partial charge >= 0.3 is 0 Å². The molecule has 2 atom stereocenters. The first-order chi connectivity index (χ1) is 13.5. The maximum absolute atomic E-state index is 15.1. The molecule has 2 aromatic carbocycles. The molecule has 1 heterocycles. The van der Waals surface area contributed by atoms with Crippen LogP contribution in [-0.4, -0.2) is 30.0 Å². The third-order valence-electron chi connectivity index (χ3n) is 6.72. The van der Waals surface area contributed by atoms with Crippen LogP contribution in [0.5, 0.6) is 5.75 Å². The van der Waals surface area contributed by atoms with Crippen molar-refractivity contribution in [1.29, 1.82) is 0 Å². The van der Waals surface area contributed by atoms with Crippen molar-refractivity contribution in [3.63, 3.8) is 0 Å². The van der Waals surface area contributed by atoms with Crippen LogP contribution in [0.15, 0.2) is 36.4 Å². The van der Waals surface area contributed by atoms with Crippen molar-refractivity contribution in [2.75, 3.05) is 19.8 Å². The highest BCUT2D eigenvalue weighted by atomic mass is 35.5. The van der Waals surface area contributed by atoms with Crippen molar-refractivity contribution >= 4 is 11.6 Å². The van der Waals surface area contributed by atoms with Crippen LogP contribution in [0.4, 0.5) is 8.78 Å². The minimum atomic E-state index is -0.804. The maximum atomic E-state index is 15.1. The molecule has 4 rings (SSSR count). The molecule has 1 saturated carbocycles. The summed E-state index contributed by atoms with van der Waals surface area (Å²) in [5, 5.41) is 20.9. The summed E-state index contributed by atoms with van der Waals surface area (Å²) < 4.78 is 35.3. The Kier molecular flexibility index (Phi) is 5.10. The van der Waals surface area contributed by atoms with Gasteiger partial charge in [0.1, 0.15) is 5.82 Å². The Morgan fingerprint density at radius 2 is 1.68 bits per heavy atom. The molecule has 0 saturated heterocycles. The number of ether oxygens (including phenoxy) is 1. The van der Waals surface area contributed by atoms with Gasteiger partial charge in [-0.1, -0.05) is 30.2 Å². The molecule has 28 heavy (non-hydrogen) atoms. The van der Waals surface area contributed by atoms with E-state index in [0.717, 1.165) is 17.7 Å². The molecule has 2 aromatic rings. The third-order valence-corrected chi connectivity index (χ3v) is 6.97. The summed E-state index contributed by atoms with van der Waals surface area (Å²) in [5.41, 5.74) is -0.416. The first kappa shape index (κ1) is 19.6.